The Labute approximate surface area is 64.5 Å². The lowest BCUT2D eigenvalue weighted by Crippen LogP contribution is -2.44. The van der Waals surface area contributed by atoms with Gasteiger partial charge in [-0.3, -0.25) is 0 Å². The van der Waals surface area contributed by atoms with Crippen LogP contribution >= 0.6 is 11.6 Å². The van der Waals surface area contributed by atoms with Crippen LogP contribution in [0.1, 0.15) is 13.8 Å². The Bertz CT molecular complexity index is 132. The minimum atomic E-state index is -1.06. The quantitative estimate of drug-likeness (QED) is 0.460. The third-order valence-electron chi connectivity index (χ3n) is 1.09. The summed E-state index contributed by atoms with van der Waals surface area (Å²) in [6, 6.07) is 0. The van der Waals surface area contributed by atoms with Gasteiger partial charge in [-0.2, -0.15) is 0 Å². The molecular formula is C5H11ClN2O2. The van der Waals surface area contributed by atoms with E-state index < -0.39 is 17.2 Å². The fourth-order valence-electron chi connectivity index (χ4n) is 0.289. The highest BCUT2D eigenvalue weighted by Crippen LogP contribution is 2.13. The van der Waals surface area contributed by atoms with E-state index in [9.17, 15) is 4.79 Å². The van der Waals surface area contributed by atoms with E-state index in [4.69, 9.17) is 23.1 Å². The number of amides is 1. The number of alkyl halides is 1. The summed E-state index contributed by atoms with van der Waals surface area (Å²) in [5.41, 5.74) is 10.1. The molecule has 0 rings (SSSR count). The Morgan fingerprint density at radius 1 is 1.80 bits per heavy atom. The Hall–Kier alpha value is -0.480. The molecule has 0 aliphatic heterocycles. The minimum Gasteiger partial charge on any atom is -0.443 e. The molecule has 0 aliphatic rings. The number of hydrogen-bond acceptors (Lipinski definition) is 3. The van der Waals surface area contributed by atoms with Crippen LogP contribution in [0.2, 0.25) is 0 Å². The number of halogens is 1. The second-order valence-corrected chi connectivity index (χ2v) is 3.04. The largest absolute Gasteiger partial charge is 0.443 e. The van der Waals surface area contributed by atoms with Gasteiger partial charge in [-0.25, -0.2) is 4.79 Å². The van der Waals surface area contributed by atoms with Crippen LogP contribution in [0.15, 0.2) is 0 Å². The fourth-order valence-corrected chi connectivity index (χ4v) is 0.334. The highest BCUT2D eigenvalue weighted by Gasteiger charge is 2.25. The third-order valence-corrected chi connectivity index (χ3v) is 1.40. The molecule has 5 heteroatoms. The van der Waals surface area contributed by atoms with Crippen molar-refractivity contribution in [2.75, 3.05) is 0 Å². The van der Waals surface area contributed by atoms with Crippen LogP contribution in [0.3, 0.4) is 0 Å². The average molecular weight is 167 g/mol. The van der Waals surface area contributed by atoms with E-state index in [-0.39, 0.29) is 0 Å². The first-order chi connectivity index (χ1) is 4.34. The average Bonchev–Trinajstić information content (AvgIpc) is 1.60. The van der Waals surface area contributed by atoms with Gasteiger partial charge < -0.3 is 16.2 Å². The molecule has 0 aromatic rings. The Morgan fingerprint density at radius 3 is 2.30 bits per heavy atom. The molecule has 60 valence electrons. The number of primary amides is 1. The lowest BCUT2D eigenvalue weighted by atomic mass is 10.2. The van der Waals surface area contributed by atoms with E-state index >= 15 is 0 Å². The SMILES string of the molecule is CC(OC(N)=O)C(C)(N)Cl. The first-order valence-electron chi connectivity index (χ1n) is 2.78. The molecule has 0 saturated heterocycles. The molecule has 0 aliphatic carbocycles. The van der Waals surface area contributed by atoms with E-state index in [0.29, 0.717) is 0 Å². The van der Waals surface area contributed by atoms with Crippen LogP contribution in [-0.4, -0.2) is 17.2 Å². The van der Waals surface area contributed by atoms with E-state index in [1.54, 1.807) is 6.92 Å². The first kappa shape index (κ1) is 9.52. The molecule has 0 saturated carbocycles. The van der Waals surface area contributed by atoms with Crippen molar-refractivity contribution in [1.29, 1.82) is 0 Å². The zero-order valence-electron chi connectivity index (χ0n) is 5.93. The van der Waals surface area contributed by atoms with Gasteiger partial charge in [0.1, 0.15) is 11.1 Å². The fraction of sp³-hybridized carbons (Fsp3) is 0.800. The molecule has 0 aromatic heterocycles. The zero-order valence-corrected chi connectivity index (χ0v) is 6.68. The maximum atomic E-state index is 10.1. The Morgan fingerprint density at radius 2 is 2.20 bits per heavy atom. The lowest BCUT2D eigenvalue weighted by molar-refractivity contribution is 0.0951. The number of ether oxygens (including phenoxy) is 1. The topological polar surface area (TPSA) is 78.3 Å². The van der Waals surface area contributed by atoms with E-state index in [0.717, 1.165) is 0 Å². The summed E-state index contributed by atoms with van der Waals surface area (Å²) in [6.45, 7) is 3.10. The lowest BCUT2D eigenvalue weighted by Gasteiger charge is -2.23. The molecule has 1 amide bonds. The van der Waals surface area contributed by atoms with Crippen molar-refractivity contribution in [3.63, 3.8) is 0 Å². The predicted molar refractivity (Wildman–Crippen MR) is 38.6 cm³/mol. The van der Waals surface area contributed by atoms with E-state index in [2.05, 4.69) is 4.74 Å². The summed E-state index contributed by atoms with van der Waals surface area (Å²) in [5.74, 6) is 0. The van der Waals surface area contributed by atoms with Gasteiger partial charge in [0.2, 0.25) is 0 Å². The van der Waals surface area contributed by atoms with Crippen LogP contribution in [-0.2, 0) is 4.74 Å². The normalized spacial score (nSPS) is 19.2. The molecule has 4 N–H and O–H groups in total. The number of nitrogens with two attached hydrogens (primary N) is 2. The molecule has 0 radical (unpaired) electrons. The summed E-state index contributed by atoms with van der Waals surface area (Å²) >= 11 is 5.57. The predicted octanol–water partition coefficient (Wildman–Crippen LogP) is 0.384. The van der Waals surface area contributed by atoms with Gasteiger partial charge in [-0.1, -0.05) is 11.6 Å². The van der Waals surface area contributed by atoms with Crippen molar-refractivity contribution >= 4 is 17.7 Å². The molecular weight excluding hydrogens is 156 g/mol. The van der Waals surface area contributed by atoms with Gasteiger partial charge in [-0.15, -0.1) is 0 Å². The van der Waals surface area contributed by atoms with Crippen LogP contribution in [0.25, 0.3) is 0 Å². The molecule has 4 nitrogen and oxygen atoms in total. The summed E-state index contributed by atoms with van der Waals surface area (Å²) < 4.78 is 4.50. The molecule has 0 bridgehead atoms. The van der Waals surface area contributed by atoms with E-state index in [1.807, 2.05) is 0 Å². The van der Waals surface area contributed by atoms with Gasteiger partial charge in [0.05, 0.1) is 0 Å². The van der Waals surface area contributed by atoms with Crippen molar-refractivity contribution in [3.05, 3.63) is 0 Å². The van der Waals surface area contributed by atoms with Crippen molar-refractivity contribution in [1.82, 2.24) is 0 Å². The van der Waals surface area contributed by atoms with Crippen molar-refractivity contribution in [2.24, 2.45) is 11.5 Å². The molecule has 10 heavy (non-hydrogen) atoms. The molecule has 2 atom stereocenters. The highest BCUT2D eigenvalue weighted by molar-refractivity contribution is 6.23. The Balaban J connectivity index is 3.85. The highest BCUT2D eigenvalue weighted by atomic mass is 35.5. The summed E-state index contributed by atoms with van der Waals surface area (Å²) in [6.07, 6.45) is -1.46. The van der Waals surface area contributed by atoms with Crippen LogP contribution in [0.5, 0.6) is 0 Å². The second kappa shape index (κ2) is 3.07. The van der Waals surface area contributed by atoms with Gasteiger partial charge in [0.15, 0.2) is 0 Å². The summed E-state index contributed by atoms with van der Waals surface area (Å²) in [5, 5.41) is 0. The minimum absolute atomic E-state index is 0.591. The number of carbonyl (C=O) groups is 1. The third kappa shape index (κ3) is 3.53. The molecule has 0 fully saturated rings. The number of carbonyl (C=O) groups excluding carboxylic acids is 1. The van der Waals surface area contributed by atoms with Crippen LogP contribution in [0.4, 0.5) is 4.79 Å². The standard InChI is InChI=1S/C5H11ClN2O2/c1-3(5(2,6)8)10-4(7)9/h3H,8H2,1-2H3,(H2,7,9). The van der Waals surface area contributed by atoms with Crippen molar-refractivity contribution in [2.45, 2.75) is 24.9 Å². The van der Waals surface area contributed by atoms with Crippen molar-refractivity contribution in [3.8, 4) is 0 Å². The molecule has 0 spiro atoms. The first-order valence-corrected chi connectivity index (χ1v) is 3.15. The molecule has 0 heterocycles. The zero-order chi connectivity index (χ0) is 8.36. The smallest absolute Gasteiger partial charge is 0.404 e. The second-order valence-electron chi connectivity index (χ2n) is 2.23. The summed E-state index contributed by atoms with van der Waals surface area (Å²) in [7, 11) is 0. The van der Waals surface area contributed by atoms with Crippen molar-refractivity contribution < 1.29 is 9.53 Å². The number of rotatable bonds is 2. The van der Waals surface area contributed by atoms with Gasteiger partial charge in [-0.05, 0) is 13.8 Å². The van der Waals surface area contributed by atoms with Gasteiger partial charge >= 0.3 is 6.09 Å². The van der Waals surface area contributed by atoms with Gasteiger partial charge in [0.25, 0.3) is 0 Å². The van der Waals surface area contributed by atoms with E-state index in [1.165, 1.54) is 6.92 Å². The Kier molecular flexibility index (Phi) is 2.93. The van der Waals surface area contributed by atoms with Crippen LogP contribution in [0, 0.1) is 0 Å². The summed E-state index contributed by atoms with van der Waals surface area (Å²) in [4.78, 5) is 9.08. The number of hydrogen-bond donors (Lipinski definition) is 2. The molecule has 2 unspecified atom stereocenters. The maximum Gasteiger partial charge on any atom is 0.404 e. The van der Waals surface area contributed by atoms with Crippen LogP contribution < -0.4 is 11.5 Å². The maximum absolute atomic E-state index is 10.1. The molecule has 0 aromatic carbocycles. The monoisotopic (exact) mass is 166 g/mol. The van der Waals surface area contributed by atoms with Gasteiger partial charge in [0, 0.05) is 0 Å².